The lowest BCUT2D eigenvalue weighted by molar-refractivity contribution is -0.137. The van der Waals surface area contributed by atoms with E-state index in [4.69, 9.17) is 5.11 Å². The smallest absolute Gasteiger partial charge is 0.320 e. The molecule has 5 heteroatoms. The minimum Gasteiger partial charge on any atom is -0.481 e. The van der Waals surface area contributed by atoms with E-state index < -0.39 is 5.97 Å². The van der Waals surface area contributed by atoms with Crippen molar-refractivity contribution in [1.82, 2.24) is 9.80 Å². The SMILES string of the molecule is CCN(CCC(=O)O)C(=O)N(CC)C1CC1. The maximum absolute atomic E-state index is 12.1. The van der Waals surface area contributed by atoms with E-state index in [2.05, 4.69) is 0 Å². The highest BCUT2D eigenvalue weighted by Gasteiger charge is 2.33. The number of nitrogens with zero attached hydrogens (tertiary/aromatic N) is 2. The minimum atomic E-state index is -0.860. The Hall–Kier alpha value is -1.26. The fourth-order valence-electron chi connectivity index (χ4n) is 1.74. The number of hydrogen-bond acceptors (Lipinski definition) is 2. The first-order valence-electron chi connectivity index (χ1n) is 5.87. The molecule has 0 heterocycles. The van der Waals surface area contributed by atoms with Gasteiger partial charge in [0, 0.05) is 25.7 Å². The molecule has 1 aliphatic carbocycles. The molecular formula is C11H20N2O3. The van der Waals surface area contributed by atoms with Gasteiger partial charge >= 0.3 is 12.0 Å². The summed E-state index contributed by atoms with van der Waals surface area (Å²) in [6, 6.07) is 0.366. The van der Waals surface area contributed by atoms with E-state index in [1.807, 2.05) is 18.7 Å². The van der Waals surface area contributed by atoms with Crippen molar-refractivity contribution in [3.8, 4) is 0 Å². The fraction of sp³-hybridized carbons (Fsp3) is 0.818. The molecule has 1 N–H and O–H groups in total. The number of urea groups is 1. The third kappa shape index (κ3) is 3.40. The minimum absolute atomic E-state index is 0.0157. The summed E-state index contributed by atoms with van der Waals surface area (Å²) in [5, 5.41) is 8.61. The van der Waals surface area contributed by atoms with Crippen LogP contribution in [0, 0.1) is 0 Å². The van der Waals surface area contributed by atoms with Crippen LogP contribution < -0.4 is 0 Å². The van der Waals surface area contributed by atoms with Gasteiger partial charge in [0.15, 0.2) is 0 Å². The zero-order chi connectivity index (χ0) is 12.1. The summed E-state index contributed by atoms with van der Waals surface area (Å²) in [6.07, 6.45) is 2.17. The number of carboxylic acid groups (broad SMARTS) is 1. The highest BCUT2D eigenvalue weighted by molar-refractivity contribution is 5.76. The Labute approximate surface area is 96.0 Å². The first-order chi connectivity index (χ1) is 7.60. The molecule has 2 amide bonds. The molecule has 0 bridgehead atoms. The zero-order valence-electron chi connectivity index (χ0n) is 9.98. The molecule has 0 radical (unpaired) electrons. The van der Waals surface area contributed by atoms with E-state index in [1.54, 1.807) is 4.90 Å². The fourth-order valence-corrected chi connectivity index (χ4v) is 1.74. The van der Waals surface area contributed by atoms with Crippen LogP contribution in [0.5, 0.6) is 0 Å². The van der Waals surface area contributed by atoms with Crippen LogP contribution in [0.1, 0.15) is 33.1 Å². The quantitative estimate of drug-likeness (QED) is 0.747. The molecule has 1 rings (SSSR count). The Morgan fingerprint density at radius 1 is 1.25 bits per heavy atom. The van der Waals surface area contributed by atoms with Gasteiger partial charge in [-0.3, -0.25) is 4.79 Å². The molecule has 0 atom stereocenters. The summed E-state index contributed by atoms with van der Waals surface area (Å²) in [7, 11) is 0. The Balaban J connectivity index is 2.49. The number of carbonyl (C=O) groups is 2. The number of carbonyl (C=O) groups excluding carboxylic acids is 1. The predicted molar refractivity (Wildman–Crippen MR) is 60.3 cm³/mol. The molecule has 5 nitrogen and oxygen atoms in total. The Morgan fingerprint density at radius 2 is 1.88 bits per heavy atom. The van der Waals surface area contributed by atoms with Crippen LogP contribution in [-0.2, 0) is 4.79 Å². The number of aliphatic carboxylic acids is 1. The molecule has 1 saturated carbocycles. The zero-order valence-corrected chi connectivity index (χ0v) is 9.98. The van der Waals surface area contributed by atoms with Gasteiger partial charge in [-0.2, -0.15) is 0 Å². The monoisotopic (exact) mass is 228 g/mol. The molecule has 0 spiro atoms. The second-order valence-electron chi connectivity index (χ2n) is 4.02. The Bertz CT molecular complexity index is 264. The highest BCUT2D eigenvalue weighted by atomic mass is 16.4. The molecular weight excluding hydrogens is 208 g/mol. The van der Waals surface area contributed by atoms with Crippen molar-refractivity contribution in [2.75, 3.05) is 19.6 Å². The van der Waals surface area contributed by atoms with Crippen molar-refractivity contribution < 1.29 is 14.7 Å². The Morgan fingerprint density at radius 3 is 2.25 bits per heavy atom. The van der Waals surface area contributed by atoms with E-state index in [0.717, 1.165) is 12.8 Å². The van der Waals surface area contributed by atoms with Gasteiger partial charge in [0.25, 0.3) is 0 Å². The molecule has 0 aromatic carbocycles. The van der Waals surface area contributed by atoms with Gasteiger partial charge in [-0.1, -0.05) is 0 Å². The van der Waals surface area contributed by atoms with E-state index in [1.165, 1.54) is 0 Å². The van der Waals surface area contributed by atoms with Gasteiger partial charge in [0.05, 0.1) is 6.42 Å². The lowest BCUT2D eigenvalue weighted by Crippen LogP contribution is -2.44. The summed E-state index contributed by atoms with van der Waals surface area (Å²) >= 11 is 0. The maximum atomic E-state index is 12.1. The van der Waals surface area contributed by atoms with Crippen molar-refractivity contribution in [3.05, 3.63) is 0 Å². The lowest BCUT2D eigenvalue weighted by Gasteiger charge is -2.28. The second kappa shape index (κ2) is 5.72. The third-order valence-electron chi connectivity index (χ3n) is 2.82. The van der Waals surface area contributed by atoms with E-state index in [0.29, 0.717) is 25.7 Å². The lowest BCUT2D eigenvalue weighted by atomic mass is 10.4. The Kier molecular flexibility index (Phi) is 4.58. The molecule has 0 saturated heterocycles. The van der Waals surface area contributed by atoms with Gasteiger partial charge in [0.1, 0.15) is 0 Å². The van der Waals surface area contributed by atoms with Crippen molar-refractivity contribution in [2.24, 2.45) is 0 Å². The summed E-state index contributed by atoms with van der Waals surface area (Å²) in [5.41, 5.74) is 0. The van der Waals surface area contributed by atoms with Crippen molar-refractivity contribution >= 4 is 12.0 Å². The number of carboxylic acids is 1. The number of hydrogen-bond donors (Lipinski definition) is 1. The molecule has 16 heavy (non-hydrogen) atoms. The normalized spacial score (nSPS) is 14.6. The second-order valence-corrected chi connectivity index (χ2v) is 4.02. The molecule has 0 aliphatic heterocycles. The maximum Gasteiger partial charge on any atom is 0.320 e. The van der Waals surface area contributed by atoms with Crippen LogP contribution in [-0.4, -0.2) is 52.6 Å². The van der Waals surface area contributed by atoms with Crippen molar-refractivity contribution in [1.29, 1.82) is 0 Å². The van der Waals surface area contributed by atoms with Gasteiger partial charge in [-0.25, -0.2) is 4.79 Å². The average molecular weight is 228 g/mol. The topological polar surface area (TPSA) is 60.9 Å². The summed E-state index contributed by atoms with van der Waals surface area (Å²) in [4.78, 5) is 26.0. The summed E-state index contributed by atoms with van der Waals surface area (Å²) in [5.74, 6) is -0.860. The molecule has 92 valence electrons. The van der Waals surface area contributed by atoms with E-state index >= 15 is 0 Å². The van der Waals surface area contributed by atoms with E-state index in [-0.39, 0.29) is 12.5 Å². The average Bonchev–Trinajstić information content (AvgIpc) is 3.03. The molecule has 0 unspecified atom stereocenters. The third-order valence-corrected chi connectivity index (χ3v) is 2.82. The first kappa shape index (κ1) is 12.8. The van der Waals surface area contributed by atoms with Gasteiger partial charge in [0.2, 0.25) is 0 Å². The van der Waals surface area contributed by atoms with Crippen LogP contribution in [0.3, 0.4) is 0 Å². The molecule has 1 fully saturated rings. The summed E-state index contributed by atoms with van der Waals surface area (Å²) < 4.78 is 0. The van der Waals surface area contributed by atoms with Gasteiger partial charge < -0.3 is 14.9 Å². The molecule has 0 aromatic rings. The van der Waals surface area contributed by atoms with Gasteiger partial charge in [-0.05, 0) is 26.7 Å². The highest BCUT2D eigenvalue weighted by Crippen LogP contribution is 2.27. The number of amides is 2. The predicted octanol–water partition coefficient (Wildman–Crippen LogP) is 1.39. The standard InChI is InChI=1S/C11H20N2O3/c1-3-12(8-7-10(14)15)11(16)13(4-2)9-5-6-9/h9H,3-8H2,1-2H3,(H,14,15). The van der Waals surface area contributed by atoms with Crippen molar-refractivity contribution in [3.63, 3.8) is 0 Å². The van der Waals surface area contributed by atoms with Crippen LogP contribution >= 0.6 is 0 Å². The van der Waals surface area contributed by atoms with Gasteiger partial charge in [-0.15, -0.1) is 0 Å². The first-order valence-corrected chi connectivity index (χ1v) is 5.87. The van der Waals surface area contributed by atoms with Crippen LogP contribution in [0.15, 0.2) is 0 Å². The molecule has 0 aromatic heterocycles. The van der Waals surface area contributed by atoms with Crippen LogP contribution in [0.4, 0.5) is 4.79 Å². The van der Waals surface area contributed by atoms with Crippen LogP contribution in [0.25, 0.3) is 0 Å². The van der Waals surface area contributed by atoms with Crippen molar-refractivity contribution in [2.45, 2.75) is 39.2 Å². The number of rotatable bonds is 6. The van der Waals surface area contributed by atoms with E-state index in [9.17, 15) is 9.59 Å². The summed E-state index contributed by atoms with van der Waals surface area (Å²) in [6.45, 7) is 5.40. The molecule has 1 aliphatic rings. The largest absolute Gasteiger partial charge is 0.481 e. The van der Waals surface area contributed by atoms with Crippen LogP contribution in [0.2, 0.25) is 0 Å².